The molecule has 112 valence electrons. The number of nitrogens with one attached hydrogen (secondary N) is 2. The number of rotatable bonds is 4. The second-order valence-electron chi connectivity index (χ2n) is 4.41. The van der Waals surface area contributed by atoms with Crippen LogP contribution in [0.1, 0.15) is 12.8 Å². The fourth-order valence-corrected chi connectivity index (χ4v) is 2.42. The Labute approximate surface area is 134 Å². The molecular formula is C15H17ClN2O2S. The van der Waals surface area contributed by atoms with Crippen LogP contribution >= 0.6 is 23.8 Å². The Hall–Kier alpha value is -1.72. The number of halogens is 1. The van der Waals surface area contributed by atoms with Crippen molar-refractivity contribution in [2.45, 2.75) is 12.8 Å². The number of ether oxygens (including phenoxy) is 2. The van der Waals surface area contributed by atoms with E-state index in [1.807, 2.05) is 6.08 Å². The van der Waals surface area contributed by atoms with Gasteiger partial charge in [-0.3, -0.25) is 0 Å². The smallest absolute Gasteiger partial charge is 0.175 e. The Balaban J connectivity index is 2.11. The van der Waals surface area contributed by atoms with Crippen LogP contribution < -0.4 is 20.1 Å². The maximum atomic E-state index is 6.13. The van der Waals surface area contributed by atoms with Crippen LogP contribution in [0.3, 0.4) is 0 Å². The van der Waals surface area contributed by atoms with E-state index in [9.17, 15) is 0 Å². The Morgan fingerprint density at radius 3 is 2.52 bits per heavy atom. The van der Waals surface area contributed by atoms with Crippen LogP contribution in [0.2, 0.25) is 5.02 Å². The average Bonchev–Trinajstić information content (AvgIpc) is 2.48. The molecule has 0 amide bonds. The Morgan fingerprint density at radius 2 is 1.90 bits per heavy atom. The Morgan fingerprint density at radius 1 is 1.14 bits per heavy atom. The highest BCUT2D eigenvalue weighted by Crippen LogP contribution is 2.35. The fraction of sp³-hybridized carbons (Fsp3) is 0.267. The van der Waals surface area contributed by atoms with E-state index >= 15 is 0 Å². The van der Waals surface area contributed by atoms with Crippen molar-refractivity contribution < 1.29 is 9.47 Å². The third-order valence-corrected chi connectivity index (χ3v) is 3.47. The summed E-state index contributed by atoms with van der Waals surface area (Å²) in [6.07, 6.45) is 8.30. The number of benzene rings is 1. The Bertz CT molecular complexity index is 600. The van der Waals surface area contributed by atoms with Gasteiger partial charge in [0.05, 0.1) is 24.9 Å². The van der Waals surface area contributed by atoms with Crippen LogP contribution in [-0.2, 0) is 0 Å². The summed E-state index contributed by atoms with van der Waals surface area (Å²) in [6, 6.07) is 3.44. The molecule has 0 fully saturated rings. The summed E-state index contributed by atoms with van der Waals surface area (Å²) in [5, 5.41) is 7.18. The summed E-state index contributed by atoms with van der Waals surface area (Å²) >= 11 is 11.4. The molecule has 0 saturated carbocycles. The first-order chi connectivity index (χ1) is 10.1. The van der Waals surface area contributed by atoms with E-state index in [-0.39, 0.29) is 0 Å². The van der Waals surface area contributed by atoms with Gasteiger partial charge in [-0.05, 0) is 37.2 Å². The summed E-state index contributed by atoms with van der Waals surface area (Å²) in [7, 11) is 3.14. The van der Waals surface area contributed by atoms with Crippen LogP contribution in [0.5, 0.6) is 11.5 Å². The zero-order chi connectivity index (χ0) is 15.2. The highest BCUT2D eigenvalue weighted by molar-refractivity contribution is 7.80. The van der Waals surface area contributed by atoms with E-state index in [4.69, 9.17) is 33.3 Å². The summed E-state index contributed by atoms with van der Waals surface area (Å²) in [4.78, 5) is 0. The topological polar surface area (TPSA) is 42.5 Å². The van der Waals surface area contributed by atoms with Gasteiger partial charge in [-0.2, -0.15) is 0 Å². The molecule has 1 aromatic rings. The van der Waals surface area contributed by atoms with Gasteiger partial charge in [0.1, 0.15) is 11.5 Å². The van der Waals surface area contributed by atoms with E-state index in [0.29, 0.717) is 27.3 Å². The molecule has 4 nitrogen and oxygen atoms in total. The van der Waals surface area contributed by atoms with E-state index in [1.54, 1.807) is 26.4 Å². The Kier molecular flexibility index (Phi) is 5.47. The van der Waals surface area contributed by atoms with Crippen LogP contribution in [-0.4, -0.2) is 19.3 Å². The molecule has 0 radical (unpaired) electrons. The van der Waals surface area contributed by atoms with Crippen molar-refractivity contribution in [2.75, 3.05) is 19.5 Å². The number of allylic oxidation sites excluding steroid dienone is 3. The lowest BCUT2D eigenvalue weighted by Gasteiger charge is -2.16. The van der Waals surface area contributed by atoms with Crippen molar-refractivity contribution in [1.29, 1.82) is 0 Å². The van der Waals surface area contributed by atoms with E-state index in [0.717, 1.165) is 18.5 Å². The molecule has 1 aromatic carbocycles. The van der Waals surface area contributed by atoms with Crippen molar-refractivity contribution >= 4 is 34.6 Å². The molecule has 1 aliphatic rings. The first-order valence-electron chi connectivity index (χ1n) is 6.50. The molecule has 0 heterocycles. The molecule has 21 heavy (non-hydrogen) atoms. The van der Waals surface area contributed by atoms with Crippen molar-refractivity contribution in [2.24, 2.45) is 0 Å². The predicted octanol–water partition coefficient (Wildman–Crippen LogP) is 3.88. The summed E-state index contributed by atoms with van der Waals surface area (Å²) in [5.41, 5.74) is 1.67. The minimum absolute atomic E-state index is 0.479. The summed E-state index contributed by atoms with van der Waals surface area (Å²) in [5.74, 6) is 1.16. The summed E-state index contributed by atoms with van der Waals surface area (Å²) in [6.45, 7) is 0. The predicted molar refractivity (Wildman–Crippen MR) is 90.4 cm³/mol. The molecule has 2 N–H and O–H groups in total. The minimum atomic E-state index is 0.479. The van der Waals surface area contributed by atoms with Gasteiger partial charge in [0.15, 0.2) is 5.11 Å². The standard InChI is InChI=1S/C15H17ClN2O2S/c1-19-13-9-14(20-2)12(8-11(13)16)18-15(21)17-10-6-4-3-5-7-10/h4,6-9H,3,5H2,1-2H3,(H2,17,18,21). The number of methoxy groups -OCH3 is 2. The molecule has 0 unspecified atom stereocenters. The van der Waals surface area contributed by atoms with Gasteiger partial charge >= 0.3 is 0 Å². The highest BCUT2D eigenvalue weighted by Gasteiger charge is 2.11. The van der Waals surface area contributed by atoms with Crippen LogP contribution in [0.4, 0.5) is 5.69 Å². The van der Waals surface area contributed by atoms with Crippen LogP contribution in [0.15, 0.2) is 36.1 Å². The van der Waals surface area contributed by atoms with Crippen molar-refractivity contribution in [3.63, 3.8) is 0 Å². The quantitative estimate of drug-likeness (QED) is 0.823. The lowest BCUT2D eigenvalue weighted by molar-refractivity contribution is 0.396. The maximum absolute atomic E-state index is 6.13. The molecule has 0 saturated heterocycles. The normalized spacial score (nSPS) is 13.4. The van der Waals surface area contributed by atoms with Gasteiger partial charge < -0.3 is 20.1 Å². The summed E-state index contributed by atoms with van der Waals surface area (Å²) < 4.78 is 10.5. The average molecular weight is 325 g/mol. The molecule has 0 aromatic heterocycles. The van der Waals surface area contributed by atoms with Gasteiger partial charge in [0.25, 0.3) is 0 Å². The molecule has 0 bridgehead atoms. The third-order valence-electron chi connectivity index (χ3n) is 2.97. The second kappa shape index (κ2) is 7.33. The second-order valence-corrected chi connectivity index (χ2v) is 5.22. The number of hydrogen-bond acceptors (Lipinski definition) is 3. The van der Waals surface area contributed by atoms with Crippen LogP contribution in [0, 0.1) is 0 Å². The lowest BCUT2D eigenvalue weighted by Crippen LogP contribution is -2.27. The van der Waals surface area contributed by atoms with Crippen molar-refractivity contribution in [1.82, 2.24) is 5.32 Å². The molecule has 2 rings (SSSR count). The van der Waals surface area contributed by atoms with Crippen molar-refractivity contribution in [3.05, 3.63) is 41.1 Å². The monoisotopic (exact) mass is 324 g/mol. The van der Waals surface area contributed by atoms with Crippen LogP contribution in [0.25, 0.3) is 0 Å². The van der Waals surface area contributed by atoms with Gasteiger partial charge in [-0.1, -0.05) is 23.8 Å². The van der Waals surface area contributed by atoms with Crippen molar-refractivity contribution in [3.8, 4) is 11.5 Å². The molecule has 6 heteroatoms. The van der Waals surface area contributed by atoms with Gasteiger partial charge in [0.2, 0.25) is 0 Å². The highest BCUT2D eigenvalue weighted by atomic mass is 35.5. The van der Waals surface area contributed by atoms with Gasteiger partial charge in [-0.25, -0.2) is 0 Å². The van der Waals surface area contributed by atoms with E-state index in [1.165, 1.54) is 0 Å². The molecule has 0 atom stereocenters. The maximum Gasteiger partial charge on any atom is 0.175 e. The van der Waals surface area contributed by atoms with Gasteiger partial charge in [0, 0.05) is 11.8 Å². The van der Waals surface area contributed by atoms with E-state index < -0.39 is 0 Å². The minimum Gasteiger partial charge on any atom is -0.495 e. The molecule has 1 aliphatic carbocycles. The molecular weight excluding hydrogens is 308 g/mol. The molecule has 0 aliphatic heterocycles. The first-order valence-corrected chi connectivity index (χ1v) is 7.29. The lowest BCUT2D eigenvalue weighted by atomic mass is 10.1. The fourth-order valence-electron chi connectivity index (χ4n) is 1.95. The van der Waals surface area contributed by atoms with Gasteiger partial charge in [-0.15, -0.1) is 0 Å². The zero-order valence-corrected chi connectivity index (χ0v) is 13.5. The SMILES string of the molecule is COc1cc(OC)c(NC(=S)NC2=CCCC=C2)cc1Cl. The zero-order valence-electron chi connectivity index (χ0n) is 11.9. The number of thiocarbonyl (C=S) groups is 1. The third kappa shape index (κ3) is 4.12. The largest absolute Gasteiger partial charge is 0.495 e. The van der Waals surface area contributed by atoms with E-state index in [2.05, 4.69) is 22.8 Å². The molecule has 0 spiro atoms. The first kappa shape index (κ1) is 15.7. The number of hydrogen-bond donors (Lipinski definition) is 2. The number of anilines is 1.